The van der Waals surface area contributed by atoms with Crippen LogP contribution in [0.25, 0.3) is 0 Å². The first-order valence-electron chi connectivity index (χ1n) is 7.90. The van der Waals surface area contributed by atoms with Crippen LogP contribution in [0.3, 0.4) is 0 Å². The molecular formula is C17H18Br2N4O2. The number of carbonyl (C=O) groups excluding carboxylic acids is 1. The van der Waals surface area contributed by atoms with E-state index in [1.165, 1.54) is 5.56 Å². The predicted octanol–water partition coefficient (Wildman–Crippen LogP) is 3.89. The number of halogens is 2. The van der Waals surface area contributed by atoms with Gasteiger partial charge in [-0.15, -0.1) is 5.06 Å². The summed E-state index contributed by atoms with van der Waals surface area (Å²) in [6.07, 6.45) is 2.74. The van der Waals surface area contributed by atoms with Crippen LogP contribution in [-0.2, 0) is 11.4 Å². The standard InChI is InChI=1S/C17H18Br2N4O2/c18-15-4-3-13(10-16(15)19)12-22-6-8-23(9-7-22)25-17(24)21-14-2-1-5-20-11-14/h1-5,10-11H,6-9,12H2,(H,21,24). The number of nitrogens with zero attached hydrogens (tertiary/aromatic N) is 3. The number of rotatable bonds is 4. The lowest BCUT2D eigenvalue weighted by atomic mass is 10.2. The largest absolute Gasteiger partial charge is 0.430 e. The number of hydrogen-bond donors (Lipinski definition) is 1. The number of benzene rings is 1. The Balaban J connectivity index is 1.43. The number of piperazine rings is 1. The average molecular weight is 470 g/mol. The maximum Gasteiger partial charge on any atom is 0.430 e. The SMILES string of the molecule is O=C(Nc1cccnc1)ON1CCN(Cc2ccc(Br)c(Br)c2)CC1. The van der Waals surface area contributed by atoms with Crippen molar-refractivity contribution in [1.82, 2.24) is 14.9 Å². The van der Waals surface area contributed by atoms with E-state index in [4.69, 9.17) is 4.84 Å². The Morgan fingerprint density at radius 3 is 2.64 bits per heavy atom. The quantitative estimate of drug-likeness (QED) is 0.736. The molecule has 1 aromatic carbocycles. The highest BCUT2D eigenvalue weighted by atomic mass is 79.9. The molecule has 25 heavy (non-hydrogen) atoms. The Morgan fingerprint density at radius 1 is 1.16 bits per heavy atom. The Morgan fingerprint density at radius 2 is 1.96 bits per heavy atom. The van der Waals surface area contributed by atoms with Crippen LogP contribution in [0.1, 0.15) is 5.56 Å². The van der Waals surface area contributed by atoms with Crippen molar-refractivity contribution in [2.24, 2.45) is 0 Å². The fourth-order valence-corrected chi connectivity index (χ4v) is 3.24. The number of amides is 1. The summed E-state index contributed by atoms with van der Waals surface area (Å²) in [7, 11) is 0. The molecule has 0 spiro atoms. The molecule has 0 unspecified atom stereocenters. The second kappa shape index (κ2) is 8.75. The first kappa shape index (κ1) is 18.3. The molecule has 0 aliphatic carbocycles. The van der Waals surface area contributed by atoms with Gasteiger partial charge in [-0.1, -0.05) is 6.07 Å². The third-order valence-electron chi connectivity index (χ3n) is 3.84. The van der Waals surface area contributed by atoms with Gasteiger partial charge in [-0.25, -0.2) is 4.79 Å². The Bertz CT molecular complexity index is 722. The van der Waals surface area contributed by atoms with Gasteiger partial charge in [0.15, 0.2) is 0 Å². The molecule has 6 nitrogen and oxygen atoms in total. The normalized spacial score (nSPS) is 15.8. The highest BCUT2D eigenvalue weighted by Gasteiger charge is 2.20. The smallest absolute Gasteiger partial charge is 0.351 e. The lowest BCUT2D eigenvalue weighted by Crippen LogP contribution is -2.46. The molecule has 3 rings (SSSR count). The van der Waals surface area contributed by atoms with Crippen molar-refractivity contribution in [2.75, 3.05) is 31.5 Å². The van der Waals surface area contributed by atoms with E-state index in [1.807, 2.05) is 6.07 Å². The topological polar surface area (TPSA) is 57.7 Å². The van der Waals surface area contributed by atoms with E-state index in [1.54, 1.807) is 29.6 Å². The van der Waals surface area contributed by atoms with E-state index < -0.39 is 6.09 Å². The molecule has 1 aliphatic rings. The molecule has 1 aliphatic heterocycles. The molecule has 2 aromatic rings. The van der Waals surface area contributed by atoms with Crippen LogP contribution in [-0.4, -0.2) is 47.2 Å². The van der Waals surface area contributed by atoms with Crippen LogP contribution in [0.15, 0.2) is 51.7 Å². The van der Waals surface area contributed by atoms with Crippen molar-refractivity contribution in [1.29, 1.82) is 0 Å². The minimum absolute atomic E-state index is 0.488. The molecule has 1 amide bonds. The van der Waals surface area contributed by atoms with Gasteiger partial charge in [0.05, 0.1) is 11.9 Å². The van der Waals surface area contributed by atoms with Crippen LogP contribution in [0.5, 0.6) is 0 Å². The zero-order chi connectivity index (χ0) is 17.6. The number of nitrogens with one attached hydrogen (secondary N) is 1. The van der Waals surface area contributed by atoms with Gasteiger partial charge in [-0.3, -0.25) is 15.2 Å². The van der Waals surface area contributed by atoms with Gasteiger partial charge in [-0.05, 0) is 61.7 Å². The first-order chi connectivity index (χ1) is 12.1. The molecule has 1 aromatic heterocycles. The van der Waals surface area contributed by atoms with E-state index in [0.717, 1.165) is 28.6 Å². The zero-order valence-corrected chi connectivity index (χ0v) is 16.7. The number of hydroxylamine groups is 2. The van der Waals surface area contributed by atoms with Gasteiger partial charge >= 0.3 is 6.09 Å². The molecule has 8 heteroatoms. The van der Waals surface area contributed by atoms with E-state index in [-0.39, 0.29) is 0 Å². The maximum atomic E-state index is 11.9. The van der Waals surface area contributed by atoms with Crippen molar-refractivity contribution >= 4 is 43.6 Å². The van der Waals surface area contributed by atoms with Crippen LogP contribution in [0.4, 0.5) is 10.5 Å². The second-order valence-corrected chi connectivity index (χ2v) is 7.41. The Kier molecular flexibility index (Phi) is 6.41. The van der Waals surface area contributed by atoms with Crippen LogP contribution >= 0.6 is 31.9 Å². The van der Waals surface area contributed by atoms with Gasteiger partial charge in [-0.2, -0.15) is 0 Å². The molecule has 0 atom stereocenters. The summed E-state index contributed by atoms with van der Waals surface area (Å²) in [5, 5.41) is 4.36. The molecule has 1 saturated heterocycles. The van der Waals surface area contributed by atoms with Gasteiger partial charge in [0.1, 0.15) is 0 Å². The minimum atomic E-state index is -0.488. The molecule has 2 heterocycles. The molecular weight excluding hydrogens is 452 g/mol. The van der Waals surface area contributed by atoms with E-state index in [2.05, 4.69) is 59.2 Å². The monoisotopic (exact) mass is 468 g/mol. The van der Waals surface area contributed by atoms with E-state index >= 15 is 0 Å². The van der Waals surface area contributed by atoms with Crippen molar-refractivity contribution in [3.8, 4) is 0 Å². The molecule has 0 radical (unpaired) electrons. The molecule has 0 bridgehead atoms. The number of aromatic nitrogens is 1. The number of pyridine rings is 1. The van der Waals surface area contributed by atoms with Crippen LogP contribution in [0, 0.1) is 0 Å². The lowest BCUT2D eigenvalue weighted by molar-refractivity contribution is -0.119. The zero-order valence-electron chi connectivity index (χ0n) is 13.5. The molecule has 0 saturated carbocycles. The van der Waals surface area contributed by atoms with Crippen LogP contribution in [0.2, 0.25) is 0 Å². The van der Waals surface area contributed by atoms with Crippen molar-refractivity contribution in [3.05, 3.63) is 57.2 Å². The summed E-state index contributed by atoms with van der Waals surface area (Å²) in [6.45, 7) is 3.92. The van der Waals surface area contributed by atoms with Gasteiger partial charge < -0.3 is 4.84 Å². The Hall–Kier alpha value is -1.48. The molecule has 1 N–H and O–H groups in total. The molecule has 132 valence electrons. The third-order valence-corrected chi connectivity index (χ3v) is 5.72. The summed E-state index contributed by atoms with van der Waals surface area (Å²) >= 11 is 7.02. The lowest BCUT2D eigenvalue weighted by Gasteiger charge is -2.33. The summed E-state index contributed by atoms with van der Waals surface area (Å²) in [6, 6.07) is 9.80. The highest BCUT2D eigenvalue weighted by molar-refractivity contribution is 9.13. The maximum absolute atomic E-state index is 11.9. The fourth-order valence-electron chi connectivity index (χ4n) is 2.57. The summed E-state index contributed by atoms with van der Waals surface area (Å²) in [5.41, 5.74) is 1.87. The second-order valence-electron chi connectivity index (χ2n) is 5.70. The van der Waals surface area contributed by atoms with Crippen LogP contribution < -0.4 is 5.32 Å². The van der Waals surface area contributed by atoms with E-state index in [9.17, 15) is 4.79 Å². The van der Waals surface area contributed by atoms with Gasteiger partial charge in [0.2, 0.25) is 0 Å². The number of carbonyl (C=O) groups is 1. The molecule has 1 fully saturated rings. The highest BCUT2D eigenvalue weighted by Crippen LogP contribution is 2.24. The van der Waals surface area contributed by atoms with Crippen molar-refractivity contribution < 1.29 is 9.63 Å². The summed E-state index contributed by atoms with van der Waals surface area (Å²) in [5.74, 6) is 0. The third kappa shape index (κ3) is 5.50. The van der Waals surface area contributed by atoms with Crippen molar-refractivity contribution in [2.45, 2.75) is 6.54 Å². The van der Waals surface area contributed by atoms with Crippen molar-refractivity contribution in [3.63, 3.8) is 0 Å². The predicted molar refractivity (Wildman–Crippen MR) is 103 cm³/mol. The average Bonchev–Trinajstić information content (AvgIpc) is 2.61. The fraction of sp³-hybridized carbons (Fsp3) is 0.294. The summed E-state index contributed by atoms with van der Waals surface area (Å²) in [4.78, 5) is 23.5. The summed E-state index contributed by atoms with van der Waals surface area (Å²) < 4.78 is 2.10. The van der Waals surface area contributed by atoms with Gasteiger partial charge in [0, 0.05) is 47.9 Å². The van der Waals surface area contributed by atoms with E-state index in [0.29, 0.717) is 18.8 Å². The minimum Gasteiger partial charge on any atom is -0.351 e. The Labute approximate surface area is 163 Å². The van der Waals surface area contributed by atoms with Gasteiger partial charge in [0.25, 0.3) is 0 Å². The number of anilines is 1. The first-order valence-corrected chi connectivity index (χ1v) is 9.49. The number of hydrogen-bond acceptors (Lipinski definition) is 5.